The molecule has 1 aromatic heterocycles. The van der Waals surface area contributed by atoms with E-state index in [-0.39, 0.29) is 0 Å². The van der Waals surface area contributed by atoms with Crippen LogP contribution >= 0.6 is 12.2 Å². The zero-order valence-electron chi connectivity index (χ0n) is 12.0. The number of thiocarbonyl (C=S) groups is 1. The summed E-state index contributed by atoms with van der Waals surface area (Å²) in [5.41, 5.74) is 0. The first kappa shape index (κ1) is 15.2. The Bertz CT molecular complexity index is 574. The summed E-state index contributed by atoms with van der Waals surface area (Å²) in [4.78, 5) is 0. The lowest BCUT2D eigenvalue weighted by Gasteiger charge is -2.14. The second-order valence-electron chi connectivity index (χ2n) is 4.58. The van der Waals surface area contributed by atoms with E-state index in [0.29, 0.717) is 22.9 Å². The lowest BCUT2D eigenvalue weighted by atomic mass is 10.3. The quantitative estimate of drug-likeness (QED) is 0.826. The average molecular weight is 302 g/mol. The van der Waals surface area contributed by atoms with Gasteiger partial charge in [-0.3, -0.25) is 0 Å². The summed E-state index contributed by atoms with van der Waals surface area (Å²) < 4.78 is 5.57. The van der Waals surface area contributed by atoms with Gasteiger partial charge in [0, 0.05) is 12.1 Å². The topological polar surface area (TPSA) is 59.1 Å². The molecule has 0 saturated carbocycles. The number of aromatic nitrogens is 2. The fourth-order valence-corrected chi connectivity index (χ4v) is 1.83. The van der Waals surface area contributed by atoms with Crippen LogP contribution in [-0.2, 0) is 0 Å². The third-order valence-corrected chi connectivity index (χ3v) is 3.06. The van der Waals surface area contributed by atoms with Gasteiger partial charge >= 0.3 is 0 Å². The largest absolute Gasteiger partial charge is 0.438 e. The van der Waals surface area contributed by atoms with Crippen LogP contribution in [0.5, 0.6) is 11.6 Å². The molecule has 6 heteroatoms. The maximum absolute atomic E-state index is 5.57. The van der Waals surface area contributed by atoms with E-state index in [1.165, 1.54) is 0 Å². The number of anilines is 1. The van der Waals surface area contributed by atoms with Crippen molar-refractivity contribution in [1.82, 2.24) is 15.5 Å². The highest BCUT2D eigenvalue weighted by molar-refractivity contribution is 7.80. The molecule has 0 saturated heterocycles. The molecule has 0 aliphatic carbocycles. The third kappa shape index (κ3) is 5.00. The van der Waals surface area contributed by atoms with Crippen molar-refractivity contribution in [3.63, 3.8) is 0 Å². The van der Waals surface area contributed by atoms with Crippen LogP contribution in [0.1, 0.15) is 20.3 Å². The van der Waals surface area contributed by atoms with Crippen molar-refractivity contribution in [1.29, 1.82) is 0 Å². The SMILES string of the molecule is CC[C@H](C)NC(=S)Nc1ccc(Oc2ccccc2)nn1. The smallest absolute Gasteiger partial charge is 0.238 e. The van der Waals surface area contributed by atoms with Crippen LogP contribution in [-0.4, -0.2) is 21.4 Å². The van der Waals surface area contributed by atoms with E-state index in [9.17, 15) is 0 Å². The van der Waals surface area contributed by atoms with Gasteiger partial charge < -0.3 is 15.4 Å². The zero-order valence-corrected chi connectivity index (χ0v) is 12.9. The summed E-state index contributed by atoms with van der Waals surface area (Å²) in [5.74, 6) is 1.74. The number of nitrogens with zero attached hydrogens (tertiary/aromatic N) is 2. The fourth-order valence-electron chi connectivity index (χ4n) is 1.53. The third-order valence-electron chi connectivity index (χ3n) is 2.84. The molecular formula is C15H18N4OS. The standard InChI is InChI=1S/C15H18N4OS/c1-3-11(2)16-15(21)17-13-9-10-14(19-18-13)20-12-7-5-4-6-8-12/h4-11H,3H2,1-2H3,(H2,16,17,18,21)/t11-/m0/s1. The van der Waals surface area contributed by atoms with Gasteiger partial charge in [0.15, 0.2) is 10.9 Å². The highest BCUT2D eigenvalue weighted by atomic mass is 32.1. The zero-order chi connectivity index (χ0) is 15.1. The summed E-state index contributed by atoms with van der Waals surface area (Å²) in [6.07, 6.45) is 0.997. The second-order valence-corrected chi connectivity index (χ2v) is 4.99. The monoisotopic (exact) mass is 302 g/mol. The number of hydrogen-bond donors (Lipinski definition) is 2. The molecular weight excluding hydrogens is 284 g/mol. The molecule has 0 aliphatic heterocycles. The van der Waals surface area contributed by atoms with Gasteiger partial charge in [-0.1, -0.05) is 25.1 Å². The predicted molar refractivity (Wildman–Crippen MR) is 87.7 cm³/mol. The van der Waals surface area contributed by atoms with Crippen LogP contribution in [0.3, 0.4) is 0 Å². The molecule has 0 fully saturated rings. The van der Waals surface area contributed by atoms with Crippen molar-refractivity contribution in [2.75, 3.05) is 5.32 Å². The van der Waals surface area contributed by atoms with Gasteiger partial charge in [0.2, 0.25) is 5.88 Å². The Balaban J connectivity index is 1.91. The fraction of sp³-hybridized carbons (Fsp3) is 0.267. The van der Waals surface area contributed by atoms with E-state index in [0.717, 1.165) is 12.2 Å². The minimum atomic E-state index is 0.318. The summed E-state index contributed by atoms with van der Waals surface area (Å²) in [5, 5.41) is 14.7. The maximum Gasteiger partial charge on any atom is 0.238 e. The summed E-state index contributed by atoms with van der Waals surface area (Å²) >= 11 is 5.20. The van der Waals surface area contributed by atoms with Crippen molar-refractivity contribution < 1.29 is 4.74 Å². The van der Waals surface area contributed by atoms with Crippen molar-refractivity contribution in [3.8, 4) is 11.6 Å². The molecule has 1 atom stereocenters. The van der Waals surface area contributed by atoms with Gasteiger partial charge in [0.1, 0.15) is 5.75 Å². The van der Waals surface area contributed by atoms with E-state index >= 15 is 0 Å². The van der Waals surface area contributed by atoms with Crippen molar-refractivity contribution in [2.45, 2.75) is 26.3 Å². The van der Waals surface area contributed by atoms with E-state index in [1.807, 2.05) is 30.3 Å². The summed E-state index contributed by atoms with van der Waals surface area (Å²) in [6.45, 7) is 4.16. The first-order valence-corrected chi connectivity index (χ1v) is 7.22. The lowest BCUT2D eigenvalue weighted by molar-refractivity contribution is 0.455. The molecule has 21 heavy (non-hydrogen) atoms. The first-order chi connectivity index (χ1) is 10.2. The molecule has 0 radical (unpaired) electrons. The Morgan fingerprint density at radius 3 is 2.57 bits per heavy atom. The van der Waals surface area contributed by atoms with Crippen molar-refractivity contribution >= 4 is 23.1 Å². The van der Waals surface area contributed by atoms with Gasteiger partial charge in [-0.25, -0.2) is 0 Å². The van der Waals surface area contributed by atoms with Gasteiger partial charge in [-0.15, -0.1) is 10.2 Å². The molecule has 0 spiro atoms. The Morgan fingerprint density at radius 1 is 1.19 bits per heavy atom. The predicted octanol–water partition coefficient (Wildman–Crippen LogP) is 3.35. The number of nitrogens with one attached hydrogen (secondary N) is 2. The molecule has 1 heterocycles. The van der Waals surface area contributed by atoms with Crippen LogP contribution in [0.15, 0.2) is 42.5 Å². The highest BCUT2D eigenvalue weighted by Gasteiger charge is 2.04. The molecule has 2 rings (SSSR count). The molecule has 5 nitrogen and oxygen atoms in total. The number of ether oxygens (including phenoxy) is 1. The average Bonchev–Trinajstić information content (AvgIpc) is 2.50. The van der Waals surface area contributed by atoms with Gasteiger partial charge in [-0.05, 0) is 43.8 Å². The van der Waals surface area contributed by atoms with Crippen molar-refractivity contribution in [3.05, 3.63) is 42.5 Å². The summed E-state index contributed by atoms with van der Waals surface area (Å²) in [7, 11) is 0. The highest BCUT2D eigenvalue weighted by Crippen LogP contribution is 2.18. The number of hydrogen-bond acceptors (Lipinski definition) is 4. The Labute approximate surface area is 129 Å². The van der Waals surface area contributed by atoms with Gasteiger partial charge in [0.25, 0.3) is 0 Å². The van der Waals surface area contributed by atoms with Crippen LogP contribution < -0.4 is 15.4 Å². The van der Waals surface area contributed by atoms with Crippen molar-refractivity contribution in [2.24, 2.45) is 0 Å². The number of benzene rings is 1. The van der Waals surface area contributed by atoms with E-state index in [4.69, 9.17) is 17.0 Å². The summed E-state index contributed by atoms with van der Waals surface area (Å²) in [6, 6.07) is 13.3. The van der Waals surface area contributed by atoms with Crippen LogP contribution in [0.2, 0.25) is 0 Å². The van der Waals surface area contributed by atoms with E-state index in [1.54, 1.807) is 12.1 Å². The minimum Gasteiger partial charge on any atom is -0.438 e. The second kappa shape index (κ2) is 7.54. The Hall–Kier alpha value is -2.21. The molecule has 0 bridgehead atoms. The van der Waals surface area contributed by atoms with Gasteiger partial charge in [0.05, 0.1) is 0 Å². The number of para-hydroxylation sites is 1. The Morgan fingerprint density at radius 2 is 1.95 bits per heavy atom. The van der Waals surface area contributed by atoms with Crippen LogP contribution in [0, 0.1) is 0 Å². The van der Waals surface area contributed by atoms with E-state index < -0.39 is 0 Å². The molecule has 2 N–H and O–H groups in total. The normalized spacial score (nSPS) is 11.5. The van der Waals surface area contributed by atoms with E-state index in [2.05, 4.69) is 34.7 Å². The molecule has 1 aromatic carbocycles. The first-order valence-electron chi connectivity index (χ1n) is 6.81. The minimum absolute atomic E-state index is 0.318. The number of rotatable bonds is 5. The molecule has 2 aromatic rings. The molecule has 0 aliphatic rings. The molecule has 110 valence electrons. The Kier molecular flexibility index (Phi) is 5.45. The van der Waals surface area contributed by atoms with Crippen LogP contribution in [0.25, 0.3) is 0 Å². The molecule has 0 unspecified atom stereocenters. The lowest BCUT2D eigenvalue weighted by Crippen LogP contribution is -2.35. The van der Waals surface area contributed by atoms with Crippen LogP contribution in [0.4, 0.5) is 5.82 Å². The van der Waals surface area contributed by atoms with Gasteiger partial charge in [-0.2, -0.15) is 0 Å². The maximum atomic E-state index is 5.57. The molecule has 0 amide bonds.